The minimum absolute atomic E-state index is 0.109. The Morgan fingerprint density at radius 3 is 2.55 bits per heavy atom. The van der Waals surface area contributed by atoms with Crippen LogP contribution in [0.15, 0.2) is 54.6 Å². The van der Waals surface area contributed by atoms with Crippen molar-refractivity contribution in [2.45, 2.75) is 38.3 Å². The fraction of sp³-hybridized carbons (Fsp3) is 0.480. The van der Waals surface area contributed by atoms with E-state index in [0.29, 0.717) is 6.04 Å². The van der Waals surface area contributed by atoms with Crippen molar-refractivity contribution in [1.29, 1.82) is 0 Å². The maximum absolute atomic E-state index is 13.1. The molecule has 2 saturated heterocycles. The number of piperidine rings is 2. The van der Waals surface area contributed by atoms with Gasteiger partial charge in [-0.25, -0.2) is 0 Å². The monoisotopic (exact) mass is 392 g/mol. The fourth-order valence-corrected chi connectivity index (χ4v) is 4.85. The number of carbonyl (C=O) groups is 1. The molecule has 2 aromatic carbocycles. The minimum Gasteiger partial charge on any atom is -0.497 e. The number of likely N-dealkylation sites (tertiary alicyclic amines) is 2. The van der Waals surface area contributed by atoms with Crippen LogP contribution in [0.5, 0.6) is 5.75 Å². The third kappa shape index (κ3) is 5.06. The molecule has 2 aromatic rings. The van der Waals surface area contributed by atoms with Gasteiger partial charge < -0.3 is 4.74 Å². The zero-order chi connectivity index (χ0) is 20.1. The van der Waals surface area contributed by atoms with Crippen molar-refractivity contribution >= 4 is 5.78 Å². The highest BCUT2D eigenvalue weighted by molar-refractivity contribution is 5.98. The van der Waals surface area contributed by atoms with Crippen molar-refractivity contribution in [1.82, 2.24) is 9.80 Å². The Morgan fingerprint density at radius 1 is 1.00 bits per heavy atom. The number of Topliss-reactive ketones (excluding diaryl/α,β-unsaturated/α-hetero) is 1. The molecule has 4 heteroatoms. The zero-order valence-corrected chi connectivity index (χ0v) is 17.4. The van der Waals surface area contributed by atoms with Crippen molar-refractivity contribution in [3.05, 3.63) is 65.7 Å². The SMILES string of the molecule is COc1cccc(C(=O)C2CCCN(C3CCN(Cc4ccccc4)CC3)C2)c1. The summed E-state index contributed by atoms with van der Waals surface area (Å²) in [5, 5.41) is 0. The second-order valence-electron chi connectivity index (χ2n) is 8.42. The molecule has 154 valence electrons. The highest BCUT2D eigenvalue weighted by atomic mass is 16.5. The van der Waals surface area contributed by atoms with Crippen LogP contribution in [0.1, 0.15) is 41.6 Å². The average Bonchev–Trinajstić information content (AvgIpc) is 2.80. The Kier molecular flexibility index (Phi) is 6.63. The highest BCUT2D eigenvalue weighted by Crippen LogP contribution is 2.27. The Morgan fingerprint density at radius 2 is 1.79 bits per heavy atom. The summed E-state index contributed by atoms with van der Waals surface area (Å²) in [6.45, 7) is 5.37. The standard InChI is InChI=1S/C25H32N2O2/c1-29-24-11-5-9-21(17-24)25(28)22-10-6-14-27(19-22)23-12-15-26(16-13-23)18-20-7-3-2-4-8-20/h2-5,7-9,11,17,22-23H,6,10,12-16,18-19H2,1H3. The summed E-state index contributed by atoms with van der Waals surface area (Å²) in [5.74, 6) is 1.14. The average molecular weight is 393 g/mol. The molecule has 2 heterocycles. The number of ketones is 1. The third-order valence-electron chi connectivity index (χ3n) is 6.50. The number of hydrogen-bond donors (Lipinski definition) is 0. The van der Waals surface area contributed by atoms with E-state index in [4.69, 9.17) is 4.74 Å². The van der Waals surface area contributed by atoms with E-state index < -0.39 is 0 Å². The van der Waals surface area contributed by atoms with Gasteiger partial charge in [-0.2, -0.15) is 0 Å². The second kappa shape index (κ2) is 9.55. The van der Waals surface area contributed by atoms with E-state index in [9.17, 15) is 4.79 Å². The molecule has 0 saturated carbocycles. The third-order valence-corrected chi connectivity index (χ3v) is 6.50. The molecule has 2 aliphatic heterocycles. The number of hydrogen-bond acceptors (Lipinski definition) is 4. The molecule has 4 rings (SSSR count). The van der Waals surface area contributed by atoms with Gasteiger partial charge in [0.2, 0.25) is 0 Å². The van der Waals surface area contributed by atoms with Gasteiger partial charge in [0.1, 0.15) is 5.75 Å². The van der Waals surface area contributed by atoms with Crippen molar-refractivity contribution in [3.63, 3.8) is 0 Å². The predicted octanol–water partition coefficient (Wildman–Crippen LogP) is 4.25. The van der Waals surface area contributed by atoms with Gasteiger partial charge in [0, 0.05) is 30.6 Å². The molecule has 0 radical (unpaired) electrons. The van der Waals surface area contributed by atoms with Gasteiger partial charge in [-0.05, 0) is 63.0 Å². The summed E-state index contributed by atoms with van der Waals surface area (Å²) >= 11 is 0. The number of nitrogens with zero attached hydrogens (tertiary/aromatic N) is 2. The van der Waals surface area contributed by atoms with Crippen LogP contribution >= 0.6 is 0 Å². The lowest BCUT2D eigenvalue weighted by molar-refractivity contribution is 0.0584. The van der Waals surface area contributed by atoms with Gasteiger partial charge in [0.05, 0.1) is 7.11 Å². The molecular weight excluding hydrogens is 360 g/mol. The summed E-state index contributed by atoms with van der Waals surface area (Å²) in [5.41, 5.74) is 2.18. The van der Waals surface area contributed by atoms with Gasteiger partial charge in [0.25, 0.3) is 0 Å². The first-order valence-electron chi connectivity index (χ1n) is 10.9. The van der Waals surface area contributed by atoms with Crippen molar-refractivity contribution in [2.75, 3.05) is 33.3 Å². The van der Waals surface area contributed by atoms with Crippen LogP contribution in [0.3, 0.4) is 0 Å². The first-order chi connectivity index (χ1) is 14.2. The molecule has 0 spiro atoms. The van der Waals surface area contributed by atoms with E-state index in [-0.39, 0.29) is 11.7 Å². The van der Waals surface area contributed by atoms with Crippen LogP contribution in [0.2, 0.25) is 0 Å². The second-order valence-corrected chi connectivity index (χ2v) is 8.42. The molecule has 29 heavy (non-hydrogen) atoms. The van der Waals surface area contributed by atoms with Crippen LogP contribution in [-0.2, 0) is 6.54 Å². The van der Waals surface area contributed by atoms with Crippen molar-refractivity contribution in [2.24, 2.45) is 5.92 Å². The summed E-state index contributed by atoms with van der Waals surface area (Å²) < 4.78 is 5.29. The van der Waals surface area contributed by atoms with Crippen molar-refractivity contribution < 1.29 is 9.53 Å². The van der Waals surface area contributed by atoms with E-state index in [1.807, 2.05) is 24.3 Å². The number of ether oxygens (including phenoxy) is 1. The van der Waals surface area contributed by atoms with Crippen LogP contribution in [0.25, 0.3) is 0 Å². The van der Waals surface area contributed by atoms with E-state index >= 15 is 0 Å². The zero-order valence-electron chi connectivity index (χ0n) is 17.4. The maximum atomic E-state index is 13.1. The van der Waals surface area contributed by atoms with Crippen LogP contribution in [0, 0.1) is 5.92 Å². The molecule has 0 amide bonds. The lowest BCUT2D eigenvalue weighted by atomic mass is 9.88. The smallest absolute Gasteiger partial charge is 0.167 e. The largest absolute Gasteiger partial charge is 0.497 e. The molecule has 0 aliphatic carbocycles. The Bertz CT molecular complexity index is 799. The number of benzene rings is 2. The molecule has 1 atom stereocenters. The van der Waals surface area contributed by atoms with Crippen LogP contribution in [-0.4, -0.2) is 54.9 Å². The fourth-order valence-electron chi connectivity index (χ4n) is 4.85. The lowest BCUT2D eigenvalue weighted by Gasteiger charge is -2.42. The van der Waals surface area contributed by atoms with Gasteiger partial charge in [-0.1, -0.05) is 42.5 Å². The minimum atomic E-state index is 0.109. The van der Waals surface area contributed by atoms with E-state index in [2.05, 4.69) is 40.1 Å². The van der Waals surface area contributed by atoms with E-state index in [0.717, 1.165) is 56.9 Å². The van der Waals surface area contributed by atoms with Gasteiger partial charge in [-0.15, -0.1) is 0 Å². The molecule has 0 aromatic heterocycles. The van der Waals surface area contributed by atoms with Gasteiger partial charge >= 0.3 is 0 Å². The Hall–Kier alpha value is -2.17. The van der Waals surface area contributed by atoms with E-state index in [1.165, 1.54) is 18.4 Å². The van der Waals surface area contributed by atoms with Crippen LogP contribution < -0.4 is 4.74 Å². The molecule has 1 unspecified atom stereocenters. The maximum Gasteiger partial charge on any atom is 0.167 e. The number of carbonyl (C=O) groups excluding carboxylic acids is 1. The summed E-state index contributed by atoms with van der Waals surface area (Å²) in [6, 6.07) is 19.0. The van der Waals surface area contributed by atoms with Crippen molar-refractivity contribution in [3.8, 4) is 5.75 Å². The summed E-state index contributed by atoms with van der Waals surface area (Å²) in [6.07, 6.45) is 4.52. The predicted molar refractivity (Wildman–Crippen MR) is 116 cm³/mol. The van der Waals surface area contributed by atoms with Gasteiger partial charge in [0.15, 0.2) is 5.78 Å². The number of rotatable bonds is 6. The quantitative estimate of drug-likeness (QED) is 0.688. The normalized spacial score (nSPS) is 21.8. The summed E-state index contributed by atoms with van der Waals surface area (Å²) in [7, 11) is 1.65. The molecule has 2 aliphatic rings. The topological polar surface area (TPSA) is 32.8 Å². The Labute approximate surface area is 174 Å². The van der Waals surface area contributed by atoms with Gasteiger partial charge in [-0.3, -0.25) is 14.6 Å². The van der Waals surface area contributed by atoms with Crippen LogP contribution in [0.4, 0.5) is 0 Å². The number of methoxy groups -OCH3 is 1. The summed E-state index contributed by atoms with van der Waals surface area (Å²) in [4.78, 5) is 18.2. The molecule has 2 fully saturated rings. The first-order valence-corrected chi connectivity index (χ1v) is 10.9. The molecule has 0 N–H and O–H groups in total. The highest BCUT2D eigenvalue weighted by Gasteiger charge is 2.32. The lowest BCUT2D eigenvalue weighted by Crippen LogP contribution is -2.49. The first kappa shape index (κ1) is 20.1. The Balaban J connectivity index is 1.31. The molecular formula is C25H32N2O2. The molecule has 0 bridgehead atoms. The molecule has 4 nitrogen and oxygen atoms in total. The van der Waals surface area contributed by atoms with E-state index in [1.54, 1.807) is 7.11 Å².